The number of para-hydroxylation sites is 1. The Morgan fingerprint density at radius 1 is 0.933 bits per heavy atom. The first kappa shape index (κ1) is 20.6. The van der Waals surface area contributed by atoms with Gasteiger partial charge < -0.3 is 9.32 Å². The van der Waals surface area contributed by atoms with E-state index in [9.17, 15) is 13.2 Å². The van der Waals surface area contributed by atoms with E-state index in [4.69, 9.17) is 4.42 Å². The summed E-state index contributed by atoms with van der Waals surface area (Å²) in [6.45, 7) is 7.45. The van der Waals surface area contributed by atoms with E-state index in [1.165, 1.54) is 4.31 Å². The molecule has 1 aliphatic heterocycles. The van der Waals surface area contributed by atoms with Gasteiger partial charge in [0.05, 0.1) is 4.90 Å². The van der Waals surface area contributed by atoms with Crippen molar-refractivity contribution in [1.29, 1.82) is 0 Å². The lowest BCUT2D eigenvalue weighted by Crippen LogP contribution is -2.50. The van der Waals surface area contributed by atoms with Crippen molar-refractivity contribution < 1.29 is 17.6 Å². The largest absolute Gasteiger partial charge is 0.451 e. The van der Waals surface area contributed by atoms with Crippen LogP contribution in [0.2, 0.25) is 0 Å². The summed E-state index contributed by atoms with van der Waals surface area (Å²) in [4.78, 5) is 14.7. The van der Waals surface area contributed by atoms with Crippen molar-refractivity contribution in [3.8, 4) is 0 Å². The fourth-order valence-electron chi connectivity index (χ4n) is 3.65. The summed E-state index contributed by atoms with van der Waals surface area (Å²) in [7, 11) is -3.59. The van der Waals surface area contributed by atoms with Crippen molar-refractivity contribution in [2.45, 2.75) is 31.1 Å². The molecule has 4 rings (SSSR count). The highest BCUT2D eigenvalue weighted by atomic mass is 32.2. The molecular formula is C23H26N2O4S. The summed E-state index contributed by atoms with van der Waals surface area (Å²) in [6.07, 6.45) is 0. The monoisotopic (exact) mass is 426 g/mol. The second-order valence-corrected chi connectivity index (χ2v) is 10.6. The summed E-state index contributed by atoms with van der Waals surface area (Å²) >= 11 is 0. The molecule has 0 atom stereocenters. The van der Waals surface area contributed by atoms with Gasteiger partial charge in [-0.1, -0.05) is 51.1 Å². The highest BCUT2D eigenvalue weighted by Crippen LogP contribution is 2.26. The molecular weight excluding hydrogens is 400 g/mol. The number of carbonyl (C=O) groups excluding carboxylic acids is 1. The number of carbonyl (C=O) groups is 1. The fourth-order valence-corrected chi connectivity index (χ4v) is 5.07. The van der Waals surface area contributed by atoms with Crippen LogP contribution in [0, 0.1) is 0 Å². The molecule has 0 aliphatic carbocycles. The van der Waals surface area contributed by atoms with Crippen LogP contribution in [-0.2, 0) is 15.4 Å². The highest BCUT2D eigenvalue weighted by Gasteiger charge is 2.31. The maximum Gasteiger partial charge on any atom is 0.289 e. The number of benzene rings is 2. The van der Waals surface area contributed by atoms with Gasteiger partial charge in [-0.2, -0.15) is 4.31 Å². The molecule has 7 heteroatoms. The number of piperazine rings is 1. The quantitative estimate of drug-likeness (QED) is 0.637. The SMILES string of the molecule is CC(C)(C)c1ccc(S(=O)(=O)N2CCN(C(=O)c3cc4ccccc4o3)CC2)cc1. The molecule has 30 heavy (non-hydrogen) atoms. The number of amides is 1. The number of furan rings is 1. The molecule has 1 aliphatic rings. The molecule has 1 amide bonds. The standard InChI is InChI=1S/C23H26N2O4S/c1-23(2,3)18-8-10-19(11-9-18)30(27,28)25-14-12-24(13-15-25)22(26)21-16-17-6-4-5-7-20(17)29-21/h4-11,16H,12-15H2,1-3H3. The van der Waals surface area contributed by atoms with Gasteiger partial charge in [-0.05, 0) is 35.2 Å². The minimum absolute atomic E-state index is 0.0368. The molecule has 2 heterocycles. The predicted molar refractivity (Wildman–Crippen MR) is 116 cm³/mol. The molecule has 1 saturated heterocycles. The Morgan fingerprint density at radius 2 is 1.57 bits per heavy atom. The molecule has 1 aromatic heterocycles. The van der Waals surface area contributed by atoms with E-state index in [0.29, 0.717) is 18.7 Å². The molecule has 6 nitrogen and oxygen atoms in total. The van der Waals surface area contributed by atoms with Crippen molar-refractivity contribution >= 4 is 26.9 Å². The van der Waals surface area contributed by atoms with Crippen LogP contribution in [-0.4, -0.2) is 49.7 Å². The molecule has 0 bridgehead atoms. The normalized spacial score (nSPS) is 16.2. The zero-order chi connectivity index (χ0) is 21.5. The van der Waals surface area contributed by atoms with Crippen LogP contribution < -0.4 is 0 Å². The van der Waals surface area contributed by atoms with Crippen LogP contribution in [0.5, 0.6) is 0 Å². The smallest absolute Gasteiger partial charge is 0.289 e. The third kappa shape index (κ3) is 3.87. The van der Waals surface area contributed by atoms with Crippen molar-refractivity contribution in [1.82, 2.24) is 9.21 Å². The van der Waals surface area contributed by atoms with Gasteiger partial charge in [0.2, 0.25) is 10.0 Å². The van der Waals surface area contributed by atoms with Gasteiger partial charge in [0.25, 0.3) is 5.91 Å². The lowest BCUT2D eigenvalue weighted by atomic mass is 9.87. The Labute approximate surface area is 177 Å². The number of rotatable bonds is 3. The maximum atomic E-state index is 13.0. The van der Waals surface area contributed by atoms with Crippen LogP contribution in [0.15, 0.2) is 63.9 Å². The fraction of sp³-hybridized carbons (Fsp3) is 0.348. The summed E-state index contributed by atoms with van der Waals surface area (Å²) in [5.74, 6) is 0.0723. The molecule has 0 saturated carbocycles. The zero-order valence-electron chi connectivity index (χ0n) is 17.5. The Balaban J connectivity index is 1.45. The van der Waals surface area contributed by atoms with Crippen molar-refractivity contribution in [3.63, 3.8) is 0 Å². The lowest BCUT2D eigenvalue weighted by molar-refractivity contribution is 0.0668. The van der Waals surface area contributed by atoms with E-state index in [1.54, 1.807) is 23.1 Å². The molecule has 3 aromatic rings. The third-order valence-electron chi connectivity index (χ3n) is 5.52. The summed E-state index contributed by atoms with van der Waals surface area (Å²) in [5.41, 5.74) is 1.72. The lowest BCUT2D eigenvalue weighted by Gasteiger charge is -2.33. The third-order valence-corrected chi connectivity index (χ3v) is 7.43. The molecule has 0 N–H and O–H groups in total. The van der Waals surface area contributed by atoms with Gasteiger partial charge >= 0.3 is 0 Å². The number of sulfonamides is 1. The number of fused-ring (bicyclic) bond motifs is 1. The average Bonchev–Trinajstić information content (AvgIpc) is 3.17. The van der Waals surface area contributed by atoms with E-state index in [1.807, 2.05) is 36.4 Å². The first-order chi connectivity index (χ1) is 14.2. The average molecular weight is 427 g/mol. The Kier molecular flexibility index (Phi) is 5.20. The Morgan fingerprint density at radius 3 is 2.17 bits per heavy atom. The van der Waals surface area contributed by atoms with Crippen LogP contribution >= 0.6 is 0 Å². The van der Waals surface area contributed by atoms with Gasteiger partial charge in [0, 0.05) is 31.6 Å². The van der Waals surface area contributed by atoms with Gasteiger partial charge in [0.15, 0.2) is 5.76 Å². The van der Waals surface area contributed by atoms with Crippen LogP contribution in [0.25, 0.3) is 11.0 Å². The maximum absolute atomic E-state index is 13.0. The van der Waals surface area contributed by atoms with E-state index in [2.05, 4.69) is 20.8 Å². The Hall–Kier alpha value is -2.64. The minimum Gasteiger partial charge on any atom is -0.451 e. The summed E-state index contributed by atoms with van der Waals surface area (Å²) < 4.78 is 33.1. The first-order valence-electron chi connectivity index (χ1n) is 10.0. The highest BCUT2D eigenvalue weighted by molar-refractivity contribution is 7.89. The molecule has 0 unspecified atom stereocenters. The van der Waals surface area contributed by atoms with Gasteiger partial charge in [-0.15, -0.1) is 0 Å². The van der Waals surface area contributed by atoms with Crippen molar-refractivity contribution in [2.75, 3.05) is 26.2 Å². The second kappa shape index (κ2) is 7.56. The van der Waals surface area contributed by atoms with Gasteiger partial charge in [-0.3, -0.25) is 4.79 Å². The number of hydrogen-bond acceptors (Lipinski definition) is 4. The molecule has 1 fully saturated rings. The minimum atomic E-state index is -3.59. The van der Waals surface area contributed by atoms with E-state index in [-0.39, 0.29) is 35.1 Å². The first-order valence-corrected chi connectivity index (χ1v) is 11.5. The molecule has 2 aromatic carbocycles. The van der Waals surface area contributed by atoms with Crippen LogP contribution in [0.1, 0.15) is 36.9 Å². The number of hydrogen-bond donors (Lipinski definition) is 0. The van der Waals surface area contributed by atoms with Gasteiger partial charge in [0.1, 0.15) is 5.58 Å². The van der Waals surface area contributed by atoms with Crippen molar-refractivity contribution in [2.24, 2.45) is 0 Å². The van der Waals surface area contributed by atoms with Crippen molar-refractivity contribution in [3.05, 3.63) is 65.9 Å². The predicted octanol–water partition coefficient (Wildman–Crippen LogP) is 3.88. The van der Waals surface area contributed by atoms with E-state index >= 15 is 0 Å². The molecule has 0 spiro atoms. The number of nitrogens with zero attached hydrogens (tertiary/aromatic N) is 2. The molecule has 0 radical (unpaired) electrons. The van der Waals surface area contributed by atoms with E-state index in [0.717, 1.165) is 10.9 Å². The Bertz CT molecular complexity index is 1130. The van der Waals surface area contributed by atoms with Crippen LogP contribution in [0.3, 0.4) is 0 Å². The summed E-state index contributed by atoms with van der Waals surface area (Å²) in [5, 5.41) is 0.876. The van der Waals surface area contributed by atoms with Gasteiger partial charge in [-0.25, -0.2) is 8.42 Å². The topological polar surface area (TPSA) is 70.8 Å². The summed E-state index contributed by atoms with van der Waals surface area (Å²) in [6, 6.07) is 16.3. The zero-order valence-corrected chi connectivity index (χ0v) is 18.3. The van der Waals surface area contributed by atoms with Crippen LogP contribution in [0.4, 0.5) is 0 Å². The molecule has 158 valence electrons. The van der Waals surface area contributed by atoms with E-state index < -0.39 is 10.0 Å². The second-order valence-electron chi connectivity index (χ2n) is 8.62.